The van der Waals surface area contributed by atoms with E-state index in [1.165, 1.54) is 23.0 Å². The summed E-state index contributed by atoms with van der Waals surface area (Å²) < 4.78 is 51.1. The average Bonchev–Trinajstić information content (AvgIpc) is 3.62. The van der Waals surface area contributed by atoms with Gasteiger partial charge in [-0.2, -0.15) is 4.31 Å². The Morgan fingerprint density at radius 3 is 2.42 bits per heavy atom. The fourth-order valence-corrected chi connectivity index (χ4v) is 6.74. The molecule has 5 rings (SSSR count). The molecule has 2 unspecified atom stereocenters. The lowest BCUT2D eigenvalue weighted by atomic mass is 10.0. The number of nitrogens with zero attached hydrogens (tertiary/aromatic N) is 4. The second-order valence-corrected chi connectivity index (χ2v) is 12.7. The molecule has 9 atom stereocenters. The zero-order valence-corrected chi connectivity index (χ0v) is 23.8. The van der Waals surface area contributed by atoms with Crippen molar-refractivity contribution in [2.45, 2.75) is 49.3 Å². The van der Waals surface area contributed by atoms with Gasteiger partial charge in [-0.3, -0.25) is 18.4 Å². The molecule has 0 radical (unpaired) electrons. The summed E-state index contributed by atoms with van der Waals surface area (Å²) in [5, 5.41) is 31.2. The Morgan fingerprint density at radius 2 is 1.72 bits per heavy atom. The number of aliphatic hydroxyl groups is 3. The number of nitrogens with two attached hydrogens (primary N) is 2. The highest BCUT2D eigenvalue weighted by molar-refractivity contribution is 7.61. The number of carbonyl (C=O) groups excluding carboxylic acids is 1. The molecule has 21 heteroatoms. The second-order valence-electron chi connectivity index (χ2n) is 9.70. The number of anilines is 1. The van der Waals surface area contributed by atoms with Crippen LogP contribution in [-0.4, -0.2) is 94.3 Å². The first-order valence-corrected chi connectivity index (χ1v) is 15.6. The van der Waals surface area contributed by atoms with Crippen LogP contribution >= 0.6 is 15.6 Å². The molecule has 4 heterocycles. The summed E-state index contributed by atoms with van der Waals surface area (Å²) in [5.74, 6) is -0.596. The number of rotatable bonds is 11. The van der Waals surface area contributed by atoms with Crippen LogP contribution in [0.25, 0.3) is 11.2 Å². The first-order chi connectivity index (χ1) is 20.2. The Bertz CT molecular complexity index is 1590. The van der Waals surface area contributed by atoms with E-state index >= 15 is 0 Å². The van der Waals surface area contributed by atoms with Gasteiger partial charge >= 0.3 is 15.6 Å². The number of hydrogen-bond acceptors (Lipinski definition) is 15. The number of amides is 1. The van der Waals surface area contributed by atoms with Gasteiger partial charge in [0, 0.05) is 12.0 Å². The maximum Gasteiger partial charge on any atom is 0.481 e. The highest BCUT2D eigenvalue weighted by Gasteiger charge is 2.46. The van der Waals surface area contributed by atoms with Crippen LogP contribution in [0.2, 0.25) is 0 Å². The predicted molar refractivity (Wildman–Crippen MR) is 141 cm³/mol. The third kappa shape index (κ3) is 6.93. The van der Waals surface area contributed by atoms with E-state index in [1.807, 2.05) is 0 Å². The zero-order valence-electron chi connectivity index (χ0n) is 22.0. The molecule has 2 fully saturated rings. The van der Waals surface area contributed by atoms with Crippen molar-refractivity contribution in [1.82, 2.24) is 19.5 Å². The quantitative estimate of drug-likeness (QED) is 0.126. The third-order valence-corrected chi connectivity index (χ3v) is 9.38. The SMILES string of the molecule is NC(=O)c1cccc([C@H]2C[C@H](O)[C@@H](COP(=O)(O)OP(=O)(O)OC[C@H]3O[C@@H](n4cnc5c(N)ncnc54)[C@H](O)[C@@H]3O)O2)c1. The van der Waals surface area contributed by atoms with Crippen LogP contribution in [0, 0.1) is 0 Å². The van der Waals surface area contributed by atoms with Crippen LogP contribution in [0.3, 0.4) is 0 Å². The van der Waals surface area contributed by atoms with E-state index in [9.17, 15) is 39.0 Å². The van der Waals surface area contributed by atoms with Crippen molar-refractivity contribution in [2.75, 3.05) is 18.9 Å². The highest BCUT2D eigenvalue weighted by Crippen LogP contribution is 2.60. The summed E-state index contributed by atoms with van der Waals surface area (Å²) in [6.07, 6.45) is -6.38. The minimum absolute atomic E-state index is 0.0558. The second kappa shape index (κ2) is 12.2. The minimum Gasteiger partial charge on any atom is -0.390 e. The third-order valence-electron chi connectivity index (χ3n) is 6.78. The van der Waals surface area contributed by atoms with E-state index in [0.717, 1.165) is 6.33 Å². The number of primary amides is 1. The lowest BCUT2D eigenvalue weighted by molar-refractivity contribution is -0.0507. The summed E-state index contributed by atoms with van der Waals surface area (Å²) in [6.45, 7) is -1.57. The van der Waals surface area contributed by atoms with E-state index in [1.54, 1.807) is 12.1 Å². The number of ether oxygens (including phenoxy) is 2. The number of aliphatic hydroxyl groups excluding tert-OH is 3. The molecule has 0 saturated carbocycles. The standard InChI is InChI=1S/C22H28N6O13P2/c23-19-16-21(26-8-25-19)28(9-27-16)22-18(31)17(30)15(40-22)7-38-43(35,36)41-42(33,34)37-6-14-12(29)5-13(39-14)10-2-1-3-11(4-10)20(24)32/h1-4,8-9,12-15,17-18,22,29-31H,5-7H2,(H2,24,32)(H,33,34)(H,35,36)(H2,23,25,26)/t12-,13+,14+,15+,17+,18+,22+/m0/s1. The molecule has 2 aliphatic rings. The predicted octanol–water partition coefficient (Wildman–Crippen LogP) is -0.732. The molecule has 1 aromatic carbocycles. The molecule has 0 bridgehead atoms. The number of hydrogen-bond donors (Lipinski definition) is 7. The highest BCUT2D eigenvalue weighted by atomic mass is 31.3. The Morgan fingerprint density at radius 1 is 1.02 bits per heavy atom. The molecule has 234 valence electrons. The average molecular weight is 646 g/mol. The van der Waals surface area contributed by atoms with Crippen LogP contribution < -0.4 is 11.5 Å². The van der Waals surface area contributed by atoms with Gasteiger partial charge in [0.15, 0.2) is 17.7 Å². The Balaban J connectivity index is 1.14. The van der Waals surface area contributed by atoms with Crippen LogP contribution in [-0.2, 0) is 32.0 Å². The number of carbonyl (C=O) groups is 1. The fraction of sp³-hybridized carbons (Fsp3) is 0.455. The zero-order chi connectivity index (χ0) is 31.1. The summed E-state index contributed by atoms with van der Waals surface area (Å²) in [6, 6.07) is 6.20. The van der Waals surface area contributed by atoms with Crippen molar-refractivity contribution in [1.29, 1.82) is 0 Å². The lowest BCUT2D eigenvalue weighted by Gasteiger charge is -2.20. The van der Waals surface area contributed by atoms with Crippen LogP contribution in [0.1, 0.15) is 34.7 Å². The smallest absolute Gasteiger partial charge is 0.390 e. The summed E-state index contributed by atoms with van der Waals surface area (Å²) >= 11 is 0. The van der Waals surface area contributed by atoms with Crippen LogP contribution in [0.5, 0.6) is 0 Å². The van der Waals surface area contributed by atoms with Crippen LogP contribution in [0.4, 0.5) is 5.82 Å². The van der Waals surface area contributed by atoms with Gasteiger partial charge in [-0.1, -0.05) is 12.1 Å². The largest absolute Gasteiger partial charge is 0.481 e. The molecule has 2 aromatic heterocycles. The summed E-state index contributed by atoms with van der Waals surface area (Å²) in [7, 11) is -10.6. The van der Waals surface area contributed by atoms with Crippen molar-refractivity contribution in [3.05, 3.63) is 48.0 Å². The number of phosphoric ester groups is 2. The van der Waals surface area contributed by atoms with E-state index < -0.39 is 77.6 Å². The number of phosphoric acid groups is 2. The normalized spacial score (nSPS) is 30.3. The minimum atomic E-state index is -5.30. The molecule has 0 aliphatic carbocycles. The van der Waals surface area contributed by atoms with Crippen molar-refractivity contribution < 1.29 is 61.9 Å². The molecule has 0 spiro atoms. The van der Waals surface area contributed by atoms with Crippen molar-refractivity contribution in [3.63, 3.8) is 0 Å². The molecule has 1 amide bonds. The van der Waals surface area contributed by atoms with Crippen molar-refractivity contribution in [2.24, 2.45) is 5.73 Å². The molecule has 2 aliphatic heterocycles. The molecular weight excluding hydrogens is 618 g/mol. The molecule has 2 saturated heterocycles. The molecule has 3 aromatic rings. The first-order valence-electron chi connectivity index (χ1n) is 12.6. The topological polar surface area (TPSA) is 294 Å². The van der Waals surface area contributed by atoms with Gasteiger partial charge in [-0.05, 0) is 17.7 Å². The maximum absolute atomic E-state index is 12.4. The molecule has 19 nitrogen and oxygen atoms in total. The Labute approximate surface area is 242 Å². The van der Waals surface area contributed by atoms with E-state index in [2.05, 4.69) is 19.3 Å². The van der Waals surface area contributed by atoms with Gasteiger partial charge < -0.3 is 46.0 Å². The number of aromatic nitrogens is 4. The van der Waals surface area contributed by atoms with Gasteiger partial charge in [-0.15, -0.1) is 0 Å². The Kier molecular flexibility index (Phi) is 8.97. The number of nitrogen functional groups attached to an aromatic ring is 1. The number of imidazole rings is 1. The number of fused-ring (bicyclic) bond motifs is 1. The van der Waals surface area contributed by atoms with Gasteiger partial charge in [0.1, 0.15) is 36.3 Å². The van der Waals surface area contributed by atoms with Crippen molar-refractivity contribution in [3.8, 4) is 0 Å². The van der Waals surface area contributed by atoms with E-state index in [-0.39, 0.29) is 29.0 Å². The molecule has 9 N–H and O–H groups in total. The lowest BCUT2D eigenvalue weighted by Crippen LogP contribution is -2.33. The molecular formula is C22H28N6O13P2. The fourth-order valence-electron chi connectivity index (χ4n) is 4.65. The summed E-state index contributed by atoms with van der Waals surface area (Å²) in [5.41, 5.74) is 12.2. The van der Waals surface area contributed by atoms with E-state index in [0.29, 0.717) is 5.56 Å². The maximum atomic E-state index is 12.4. The van der Waals surface area contributed by atoms with E-state index in [4.69, 9.17) is 30.0 Å². The first kappa shape index (κ1) is 31.5. The van der Waals surface area contributed by atoms with Gasteiger partial charge in [0.25, 0.3) is 0 Å². The van der Waals surface area contributed by atoms with Gasteiger partial charge in [-0.25, -0.2) is 24.1 Å². The number of benzene rings is 1. The monoisotopic (exact) mass is 646 g/mol. The Hall–Kier alpha value is -2.90. The van der Waals surface area contributed by atoms with Crippen molar-refractivity contribution >= 4 is 38.5 Å². The van der Waals surface area contributed by atoms with Crippen LogP contribution in [0.15, 0.2) is 36.9 Å². The van der Waals surface area contributed by atoms with Gasteiger partial charge in [0.05, 0.1) is 31.7 Å². The molecule has 43 heavy (non-hydrogen) atoms. The summed E-state index contributed by atoms with van der Waals surface area (Å²) in [4.78, 5) is 43.3. The van der Waals surface area contributed by atoms with Gasteiger partial charge in [0.2, 0.25) is 5.91 Å².